The minimum absolute atomic E-state index is 0.0719. The molecule has 5 nitrogen and oxygen atoms in total. The quantitative estimate of drug-likeness (QED) is 0.886. The molecule has 1 amide bonds. The molecule has 24 heavy (non-hydrogen) atoms. The van der Waals surface area contributed by atoms with E-state index in [1.807, 2.05) is 18.2 Å². The number of nitrogens with one attached hydrogen (secondary N) is 1. The molecule has 2 aromatic rings. The number of benzene rings is 1. The second-order valence-electron chi connectivity index (χ2n) is 6.28. The lowest BCUT2D eigenvalue weighted by Gasteiger charge is -2.32. The summed E-state index contributed by atoms with van der Waals surface area (Å²) in [5.41, 5.74) is 2.18. The molecule has 128 valence electrons. The summed E-state index contributed by atoms with van der Waals surface area (Å²) in [6.07, 6.45) is 5.58. The third kappa shape index (κ3) is 4.61. The van der Waals surface area contributed by atoms with E-state index >= 15 is 0 Å². The molecular weight excluding hydrogens is 304 g/mol. The van der Waals surface area contributed by atoms with Crippen molar-refractivity contribution >= 4 is 5.91 Å². The van der Waals surface area contributed by atoms with Crippen LogP contribution in [0.3, 0.4) is 0 Å². The average Bonchev–Trinajstić information content (AvgIpc) is 3.09. The molecule has 2 heterocycles. The van der Waals surface area contributed by atoms with E-state index in [4.69, 9.17) is 9.15 Å². The highest BCUT2D eigenvalue weighted by Crippen LogP contribution is 2.17. The third-order valence-electron chi connectivity index (χ3n) is 4.44. The summed E-state index contributed by atoms with van der Waals surface area (Å²) in [4.78, 5) is 14.5. The van der Waals surface area contributed by atoms with Gasteiger partial charge >= 0.3 is 0 Å². The van der Waals surface area contributed by atoms with E-state index in [0.29, 0.717) is 6.42 Å². The van der Waals surface area contributed by atoms with Crippen molar-refractivity contribution in [2.75, 3.05) is 20.2 Å². The molecule has 1 saturated heterocycles. The summed E-state index contributed by atoms with van der Waals surface area (Å²) < 4.78 is 10.3. The molecular formula is C19H24N2O3. The van der Waals surface area contributed by atoms with Crippen LogP contribution >= 0.6 is 0 Å². The monoisotopic (exact) mass is 328 g/mol. The maximum absolute atomic E-state index is 12.0. The lowest BCUT2D eigenvalue weighted by Crippen LogP contribution is -2.44. The Morgan fingerprint density at radius 3 is 2.83 bits per heavy atom. The van der Waals surface area contributed by atoms with Crippen molar-refractivity contribution in [3.8, 4) is 5.75 Å². The van der Waals surface area contributed by atoms with Gasteiger partial charge in [0.2, 0.25) is 5.91 Å². The first kappa shape index (κ1) is 16.6. The predicted molar refractivity (Wildman–Crippen MR) is 91.8 cm³/mol. The van der Waals surface area contributed by atoms with Crippen LogP contribution in [0.2, 0.25) is 0 Å². The van der Waals surface area contributed by atoms with Gasteiger partial charge in [-0.3, -0.25) is 9.69 Å². The maximum Gasteiger partial charge on any atom is 0.224 e. The van der Waals surface area contributed by atoms with Crippen LogP contribution in [0.5, 0.6) is 5.75 Å². The largest absolute Gasteiger partial charge is 0.497 e. The number of hydrogen-bond donors (Lipinski definition) is 1. The third-order valence-corrected chi connectivity index (χ3v) is 4.44. The van der Waals surface area contributed by atoms with E-state index in [0.717, 1.165) is 43.8 Å². The van der Waals surface area contributed by atoms with Gasteiger partial charge in [0.05, 0.1) is 26.1 Å². The molecule has 1 N–H and O–H groups in total. The van der Waals surface area contributed by atoms with E-state index in [1.54, 1.807) is 19.6 Å². The second-order valence-corrected chi connectivity index (χ2v) is 6.28. The first-order chi connectivity index (χ1) is 11.7. The number of carbonyl (C=O) groups is 1. The van der Waals surface area contributed by atoms with Crippen LogP contribution in [0, 0.1) is 0 Å². The van der Waals surface area contributed by atoms with Gasteiger partial charge in [-0.25, -0.2) is 0 Å². The van der Waals surface area contributed by atoms with Crippen molar-refractivity contribution in [3.05, 3.63) is 54.0 Å². The number of furan rings is 1. The highest BCUT2D eigenvalue weighted by atomic mass is 16.5. The van der Waals surface area contributed by atoms with Gasteiger partial charge in [0, 0.05) is 25.7 Å². The molecule has 1 aromatic heterocycles. The fourth-order valence-corrected chi connectivity index (χ4v) is 3.12. The number of likely N-dealkylation sites (tertiary alicyclic amines) is 1. The number of ether oxygens (including phenoxy) is 1. The molecule has 0 saturated carbocycles. The van der Waals surface area contributed by atoms with E-state index in [1.165, 1.54) is 5.56 Å². The van der Waals surface area contributed by atoms with Gasteiger partial charge in [-0.15, -0.1) is 0 Å². The highest BCUT2D eigenvalue weighted by Gasteiger charge is 2.21. The Kier molecular flexibility index (Phi) is 5.54. The number of piperidine rings is 1. The Morgan fingerprint density at radius 1 is 1.29 bits per heavy atom. The predicted octanol–water partition coefficient (Wildman–Crippen LogP) is 2.61. The number of hydrogen-bond acceptors (Lipinski definition) is 4. The fourth-order valence-electron chi connectivity index (χ4n) is 3.12. The van der Waals surface area contributed by atoms with Crippen LogP contribution in [0.25, 0.3) is 0 Å². The first-order valence-corrected chi connectivity index (χ1v) is 8.38. The van der Waals surface area contributed by atoms with Gasteiger partial charge in [0.15, 0.2) is 0 Å². The number of methoxy groups -OCH3 is 1. The molecule has 5 heteroatoms. The summed E-state index contributed by atoms with van der Waals surface area (Å²) in [5.74, 6) is 0.969. The maximum atomic E-state index is 12.0. The van der Waals surface area contributed by atoms with Crippen molar-refractivity contribution < 1.29 is 13.9 Å². The van der Waals surface area contributed by atoms with E-state index in [2.05, 4.69) is 22.3 Å². The summed E-state index contributed by atoms with van der Waals surface area (Å²) >= 11 is 0. The molecule has 0 atom stereocenters. The molecule has 1 aliphatic heterocycles. The van der Waals surface area contributed by atoms with E-state index < -0.39 is 0 Å². The molecule has 0 spiro atoms. The Morgan fingerprint density at radius 2 is 2.12 bits per heavy atom. The SMILES string of the molecule is COc1cccc(CN2CCC(NC(=O)Cc3ccoc3)CC2)c1. The molecule has 0 bridgehead atoms. The van der Waals surface area contributed by atoms with Gasteiger partial charge in [-0.05, 0) is 42.2 Å². The Bertz CT molecular complexity index is 646. The second kappa shape index (κ2) is 8.02. The molecule has 1 aromatic carbocycles. The summed E-state index contributed by atoms with van der Waals surface area (Å²) in [6.45, 7) is 2.91. The average molecular weight is 328 g/mol. The van der Waals surface area contributed by atoms with Gasteiger partial charge in [0.1, 0.15) is 5.75 Å². The standard InChI is InChI=1S/C19H24N2O3/c1-23-18-4-2-3-15(11-18)13-21-8-5-17(6-9-21)20-19(22)12-16-7-10-24-14-16/h2-4,7,10-11,14,17H,5-6,8-9,12-13H2,1H3,(H,20,22). The van der Waals surface area contributed by atoms with Crippen LogP contribution in [-0.2, 0) is 17.8 Å². The van der Waals surface area contributed by atoms with Crippen LogP contribution < -0.4 is 10.1 Å². The summed E-state index contributed by atoms with van der Waals surface area (Å²) in [6, 6.07) is 10.3. The van der Waals surface area contributed by atoms with Gasteiger partial charge < -0.3 is 14.5 Å². The van der Waals surface area contributed by atoms with Crippen molar-refractivity contribution in [2.45, 2.75) is 31.8 Å². The molecule has 1 aliphatic rings. The molecule has 0 radical (unpaired) electrons. The van der Waals surface area contributed by atoms with Crippen LogP contribution in [0.4, 0.5) is 0 Å². The Labute approximate surface area is 142 Å². The number of amides is 1. The summed E-state index contributed by atoms with van der Waals surface area (Å²) in [5, 5.41) is 3.13. The Balaban J connectivity index is 1.42. The minimum atomic E-state index is 0.0719. The van der Waals surface area contributed by atoms with Crippen molar-refractivity contribution in [2.24, 2.45) is 0 Å². The van der Waals surface area contributed by atoms with Gasteiger partial charge in [0.25, 0.3) is 0 Å². The zero-order chi connectivity index (χ0) is 16.8. The number of carbonyl (C=O) groups excluding carboxylic acids is 1. The van der Waals surface area contributed by atoms with Crippen molar-refractivity contribution in [3.63, 3.8) is 0 Å². The first-order valence-electron chi connectivity index (χ1n) is 8.38. The fraction of sp³-hybridized carbons (Fsp3) is 0.421. The number of nitrogens with zero attached hydrogens (tertiary/aromatic N) is 1. The van der Waals surface area contributed by atoms with Crippen LogP contribution in [0.15, 0.2) is 47.3 Å². The summed E-state index contributed by atoms with van der Waals surface area (Å²) in [7, 11) is 1.69. The molecule has 0 unspecified atom stereocenters. The normalized spacial score (nSPS) is 16.0. The highest BCUT2D eigenvalue weighted by molar-refractivity contribution is 5.78. The molecule has 1 fully saturated rings. The zero-order valence-electron chi connectivity index (χ0n) is 14.0. The molecule has 3 rings (SSSR count). The Hall–Kier alpha value is -2.27. The lowest BCUT2D eigenvalue weighted by atomic mass is 10.0. The lowest BCUT2D eigenvalue weighted by molar-refractivity contribution is -0.121. The van der Waals surface area contributed by atoms with Crippen molar-refractivity contribution in [1.82, 2.24) is 10.2 Å². The number of rotatable bonds is 6. The minimum Gasteiger partial charge on any atom is -0.497 e. The van der Waals surface area contributed by atoms with E-state index in [-0.39, 0.29) is 11.9 Å². The van der Waals surface area contributed by atoms with Gasteiger partial charge in [-0.2, -0.15) is 0 Å². The van der Waals surface area contributed by atoms with Crippen molar-refractivity contribution in [1.29, 1.82) is 0 Å². The topological polar surface area (TPSA) is 54.7 Å². The van der Waals surface area contributed by atoms with Gasteiger partial charge in [-0.1, -0.05) is 12.1 Å². The smallest absolute Gasteiger partial charge is 0.224 e. The van der Waals surface area contributed by atoms with Crippen LogP contribution in [-0.4, -0.2) is 37.0 Å². The zero-order valence-corrected chi connectivity index (χ0v) is 14.0. The van der Waals surface area contributed by atoms with Crippen LogP contribution in [0.1, 0.15) is 24.0 Å². The van der Waals surface area contributed by atoms with E-state index in [9.17, 15) is 4.79 Å². The molecule has 0 aliphatic carbocycles.